The molecule has 6 heteroatoms. The lowest BCUT2D eigenvalue weighted by atomic mass is 9.79. The highest BCUT2D eigenvalue weighted by molar-refractivity contribution is 5.53. The number of phenols is 4. The number of phenolic OH excluding ortho intramolecular Hbond substituents is 4. The van der Waals surface area contributed by atoms with Gasteiger partial charge in [-0.3, -0.25) is 4.90 Å². The molecule has 2 aliphatic rings. The van der Waals surface area contributed by atoms with Gasteiger partial charge in [-0.05, 0) is 83.5 Å². The van der Waals surface area contributed by atoms with Gasteiger partial charge in [-0.2, -0.15) is 0 Å². The highest BCUT2D eigenvalue weighted by atomic mass is 16.5. The van der Waals surface area contributed by atoms with E-state index in [9.17, 15) is 20.4 Å². The van der Waals surface area contributed by atoms with Crippen molar-refractivity contribution in [3.05, 3.63) is 76.3 Å². The van der Waals surface area contributed by atoms with Gasteiger partial charge in [0.05, 0.1) is 7.11 Å². The van der Waals surface area contributed by atoms with E-state index in [0.717, 1.165) is 40.8 Å². The van der Waals surface area contributed by atoms with Crippen LogP contribution in [0.2, 0.25) is 0 Å². The Kier molecular flexibility index (Phi) is 4.67. The van der Waals surface area contributed by atoms with Gasteiger partial charge in [0.2, 0.25) is 0 Å². The second kappa shape index (κ2) is 7.39. The van der Waals surface area contributed by atoms with Crippen LogP contribution in [0, 0.1) is 0 Å². The Morgan fingerprint density at radius 3 is 2.32 bits per heavy atom. The molecule has 3 aromatic rings. The number of hydrogen-bond acceptors (Lipinski definition) is 6. The summed E-state index contributed by atoms with van der Waals surface area (Å²) in [6, 6.07) is 14.3. The Morgan fingerprint density at radius 2 is 1.58 bits per heavy atom. The summed E-state index contributed by atoms with van der Waals surface area (Å²) in [7, 11) is 1.55. The van der Waals surface area contributed by atoms with Gasteiger partial charge in [-0.25, -0.2) is 0 Å². The van der Waals surface area contributed by atoms with Crippen molar-refractivity contribution in [2.45, 2.75) is 31.3 Å². The summed E-state index contributed by atoms with van der Waals surface area (Å²) in [6.07, 6.45) is 2.20. The average molecular weight is 419 g/mol. The van der Waals surface area contributed by atoms with Crippen molar-refractivity contribution in [1.29, 1.82) is 0 Å². The standard InChI is InChI=1S/C25H25NO5/c1-31-25-13-19-15(10-24(25)30)6-7-26-20(8-14-2-4-17(27)5-3-14)18-12-23(29)22(28)11-16(18)9-21(19)26/h2-5,10-13,20-21,27-30H,6-9H2,1H3. The first-order valence-electron chi connectivity index (χ1n) is 10.4. The van der Waals surface area contributed by atoms with E-state index in [1.165, 1.54) is 0 Å². The second-order valence-corrected chi connectivity index (χ2v) is 8.36. The molecule has 5 rings (SSSR count). The number of ether oxygens (including phenoxy) is 1. The van der Waals surface area contributed by atoms with E-state index >= 15 is 0 Å². The molecule has 0 bridgehead atoms. The fourth-order valence-corrected chi connectivity index (χ4v) is 5.09. The monoisotopic (exact) mass is 419 g/mol. The van der Waals surface area contributed by atoms with Gasteiger partial charge in [-0.1, -0.05) is 12.1 Å². The number of rotatable bonds is 3. The minimum absolute atomic E-state index is 0.00209. The molecule has 160 valence electrons. The Labute approximate surface area is 180 Å². The molecular formula is C25H25NO5. The SMILES string of the molecule is COc1cc2c(cc1O)CCN1C(Cc3ccc(O)cc3)c3cc(O)c(O)cc3CC21. The zero-order valence-electron chi connectivity index (χ0n) is 17.2. The molecule has 0 aliphatic carbocycles. The third-order valence-electron chi connectivity index (χ3n) is 6.61. The maximum Gasteiger partial charge on any atom is 0.160 e. The fraction of sp³-hybridized carbons (Fsp3) is 0.280. The van der Waals surface area contributed by atoms with E-state index in [-0.39, 0.29) is 35.1 Å². The van der Waals surface area contributed by atoms with Crippen molar-refractivity contribution >= 4 is 0 Å². The third kappa shape index (κ3) is 3.33. The number of aromatic hydroxyl groups is 4. The molecule has 0 saturated heterocycles. The van der Waals surface area contributed by atoms with E-state index in [4.69, 9.17) is 4.74 Å². The van der Waals surface area contributed by atoms with Gasteiger partial charge in [0.25, 0.3) is 0 Å². The van der Waals surface area contributed by atoms with E-state index in [1.807, 2.05) is 18.2 Å². The second-order valence-electron chi connectivity index (χ2n) is 8.36. The van der Waals surface area contributed by atoms with Gasteiger partial charge >= 0.3 is 0 Å². The zero-order chi connectivity index (χ0) is 21.7. The van der Waals surface area contributed by atoms with Gasteiger partial charge in [-0.15, -0.1) is 0 Å². The first kappa shape index (κ1) is 19.6. The van der Waals surface area contributed by atoms with Crippen LogP contribution in [-0.4, -0.2) is 39.0 Å². The Hall–Kier alpha value is -3.38. The van der Waals surface area contributed by atoms with Crippen LogP contribution in [0.4, 0.5) is 0 Å². The lowest BCUT2D eigenvalue weighted by molar-refractivity contribution is 0.106. The minimum Gasteiger partial charge on any atom is -0.508 e. The molecule has 0 aromatic heterocycles. The van der Waals surface area contributed by atoms with Crippen molar-refractivity contribution in [1.82, 2.24) is 4.90 Å². The molecule has 0 fully saturated rings. The van der Waals surface area contributed by atoms with E-state index in [0.29, 0.717) is 18.6 Å². The van der Waals surface area contributed by atoms with Crippen LogP contribution in [0.25, 0.3) is 0 Å². The minimum atomic E-state index is -0.116. The van der Waals surface area contributed by atoms with Gasteiger partial charge in [0.1, 0.15) is 5.75 Å². The Morgan fingerprint density at radius 1 is 0.871 bits per heavy atom. The predicted molar refractivity (Wildman–Crippen MR) is 116 cm³/mol. The van der Waals surface area contributed by atoms with Crippen LogP contribution in [0.15, 0.2) is 48.5 Å². The number of fused-ring (bicyclic) bond motifs is 4. The van der Waals surface area contributed by atoms with E-state index in [2.05, 4.69) is 4.90 Å². The van der Waals surface area contributed by atoms with Crippen molar-refractivity contribution in [3.8, 4) is 28.7 Å². The topological polar surface area (TPSA) is 93.4 Å². The predicted octanol–water partition coefficient (Wildman–Crippen LogP) is 3.96. The smallest absolute Gasteiger partial charge is 0.160 e. The molecule has 0 spiro atoms. The molecule has 2 unspecified atom stereocenters. The number of hydrogen-bond donors (Lipinski definition) is 4. The lowest BCUT2D eigenvalue weighted by Gasteiger charge is -2.47. The molecule has 0 saturated carbocycles. The van der Waals surface area contributed by atoms with Crippen molar-refractivity contribution in [2.75, 3.05) is 13.7 Å². The maximum atomic E-state index is 10.2. The van der Waals surface area contributed by atoms with Crippen LogP contribution in [-0.2, 0) is 19.3 Å². The fourth-order valence-electron chi connectivity index (χ4n) is 5.09. The van der Waals surface area contributed by atoms with Gasteiger partial charge in [0.15, 0.2) is 23.0 Å². The van der Waals surface area contributed by atoms with Crippen LogP contribution < -0.4 is 4.74 Å². The Bertz CT molecular complexity index is 1140. The molecule has 2 aliphatic heterocycles. The molecule has 3 aromatic carbocycles. The first-order chi connectivity index (χ1) is 14.9. The number of benzene rings is 3. The largest absolute Gasteiger partial charge is 0.508 e. The van der Waals surface area contributed by atoms with Crippen LogP contribution in [0.3, 0.4) is 0 Å². The Balaban J connectivity index is 1.62. The molecule has 31 heavy (non-hydrogen) atoms. The van der Waals surface area contributed by atoms with E-state index < -0.39 is 0 Å². The summed E-state index contributed by atoms with van der Waals surface area (Å²) >= 11 is 0. The lowest BCUT2D eigenvalue weighted by Crippen LogP contribution is -2.43. The number of nitrogens with zero attached hydrogens (tertiary/aromatic N) is 1. The molecular weight excluding hydrogens is 394 g/mol. The summed E-state index contributed by atoms with van der Waals surface area (Å²) in [5, 5.41) is 40.2. The highest BCUT2D eigenvalue weighted by Crippen LogP contribution is 2.48. The van der Waals surface area contributed by atoms with Crippen LogP contribution in [0.5, 0.6) is 28.7 Å². The average Bonchev–Trinajstić information content (AvgIpc) is 2.75. The van der Waals surface area contributed by atoms with E-state index in [1.54, 1.807) is 37.4 Å². The van der Waals surface area contributed by atoms with Gasteiger partial charge < -0.3 is 25.2 Å². The van der Waals surface area contributed by atoms with Crippen molar-refractivity contribution < 1.29 is 25.2 Å². The summed E-state index contributed by atoms with van der Waals surface area (Å²) < 4.78 is 5.36. The number of methoxy groups -OCH3 is 1. The highest BCUT2D eigenvalue weighted by Gasteiger charge is 2.39. The normalized spacial score (nSPS) is 19.9. The van der Waals surface area contributed by atoms with Crippen LogP contribution >= 0.6 is 0 Å². The molecule has 2 atom stereocenters. The molecule has 0 amide bonds. The molecule has 6 nitrogen and oxygen atoms in total. The van der Waals surface area contributed by atoms with Crippen molar-refractivity contribution in [2.24, 2.45) is 0 Å². The molecule has 0 radical (unpaired) electrons. The first-order valence-corrected chi connectivity index (χ1v) is 10.4. The summed E-state index contributed by atoms with van der Waals surface area (Å²) in [5.41, 5.74) is 5.31. The van der Waals surface area contributed by atoms with Gasteiger partial charge in [0, 0.05) is 18.6 Å². The molecule has 2 heterocycles. The quantitative estimate of drug-likeness (QED) is 0.480. The third-order valence-corrected chi connectivity index (χ3v) is 6.61. The summed E-state index contributed by atoms with van der Waals surface area (Å²) in [5.74, 6) is 0.600. The maximum absolute atomic E-state index is 10.2. The zero-order valence-corrected chi connectivity index (χ0v) is 17.2. The summed E-state index contributed by atoms with van der Waals surface area (Å²) in [6.45, 7) is 0.813. The van der Waals surface area contributed by atoms with Crippen LogP contribution in [0.1, 0.15) is 39.9 Å². The molecule has 4 N–H and O–H groups in total. The summed E-state index contributed by atoms with van der Waals surface area (Å²) in [4.78, 5) is 2.44. The van der Waals surface area contributed by atoms with Crippen molar-refractivity contribution in [3.63, 3.8) is 0 Å².